The van der Waals surface area contributed by atoms with E-state index < -0.39 is 18.1 Å². The van der Waals surface area contributed by atoms with E-state index in [0.717, 1.165) is 4.90 Å². The van der Waals surface area contributed by atoms with Crippen LogP contribution in [0.1, 0.15) is 6.92 Å². The molecule has 0 aromatic rings. The summed E-state index contributed by atoms with van der Waals surface area (Å²) in [5.41, 5.74) is 0. The molecule has 1 saturated heterocycles. The summed E-state index contributed by atoms with van der Waals surface area (Å²) in [7, 11) is 0. The fourth-order valence-electron chi connectivity index (χ4n) is 1.08. The van der Waals surface area contributed by atoms with E-state index in [0.29, 0.717) is 6.41 Å². The highest BCUT2D eigenvalue weighted by atomic mass is 16.5. The van der Waals surface area contributed by atoms with E-state index in [2.05, 4.69) is 0 Å². The van der Waals surface area contributed by atoms with E-state index >= 15 is 0 Å². The number of carboxylic acid groups (broad SMARTS) is 1. The van der Waals surface area contributed by atoms with Gasteiger partial charge in [0.25, 0.3) is 0 Å². The lowest BCUT2D eigenvalue weighted by atomic mass is 10.2. The third-order valence-electron chi connectivity index (χ3n) is 1.68. The van der Waals surface area contributed by atoms with Crippen molar-refractivity contribution in [3.8, 4) is 0 Å². The van der Waals surface area contributed by atoms with Crippen LogP contribution in [0.2, 0.25) is 0 Å². The molecular weight excluding hydrogens is 150 g/mol. The minimum atomic E-state index is -1.03. The maximum atomic E-state index is 10.5. The molecule has 1 fully saturated rings. The normalized spacial score (nSPS) is 30.5. The van der Waals surface area contributed by atoms with Gasteiger partial charge in [-0.05, 0) is 6.92 Å². The molecule has 1 aliphatic rings. The van der Waals surface area contributed by atoms with Crippen LogP contribution in [-0.4, -0.2) is 41.3 Å². The Morgan fingerprint density at radius 2 is 2.45 bits per heavy atom. The lowest BCUT2D eigenvalue weighted by Gasteiger charge is -2.14. The summed E-state index contributed by atoms with van der Waals surface area (Å²) in [6.45, 7) is 1.70. The SMILES string of the molecule is C[C@H]1OCN(C=O)[C@@H]1C(=O)O. The van der Waals surface area contributed by atoms with Crippen LogP contribution >= 0.6 is 0 Å². The van der Waals surface area contributed by atoms with Crippen LogP contribution in [0, 0.1) is 0 Å². The molecule has 5 nitrogen and oxygen atoms in total. The maximum absolute atomic E-state index is 10.5. The molecule has 1 amide bonds. The Morgan fingerprint density at radius 3 is 2.82 bits per heavy atom. The number of hydrogen-bond donors (Lipinski definition) is 1. The fraction of sp³-hybridized carbons (Fsp3) is 0.667. The number of aliphatic carboxylic acids is 1. The number of hydrogen-bond acceptors (Lipinski definition) is 3. The molecule has 0 spiro atoms. The fourth-order valence-corrected chi connectivity index (χ4v) is 1.08. The molecule has 11 heavy (non-hydrogen) atoms. The maximum Gasteiger partial charge on any atom is 0.329 e. The second-order valence-electron chi connectivity index (χ2n) is 2.40. The molecule has 62 valence electrons. The standard InChI is InChI=1S/C6H9NO4/c1-4-5(6(9)10)7(2-8)3-11-4/h2,4-5H,3H2,1H3,(H,9,10)/t4-,5+/m1/s1. The number of carboxylic acids is 1. The average molecular weight is 159 g/mol. The average Bonchev–Trinajstić information content (AvgIpc) is 2.30. The first kappa shape index (κ1) is 8.00. The van der Waals surface area contributed by atoms with E-state index in [9.17, 15) is 9.59 Å². The third-order valence-corrected chi connectivity index (χ3v) is 1.68. The van der Waals surface area contributed by atoms with Crippen LogP contribution in [-0.2, 0) is 14.3 Å². The second kappa shape index (κ2) is 2.87. The van der Waals surface area contributed by atoms with Crippen LogP contribution < -0.4 is 0 Å². The molecule has 0 aromatic heterocycles. The van der Waals surface area contributed by atoms with Crippen LogP contribution in [0.4, 0.5) is 0 Å². The summed E-state index contributed by atoms with van der Waals surface area (Å²) in [4.78, 5) is 21.9. The zero-order valence-electron chi connectivity index (χ0n) is 6.06. The lowest BCUT2D eigenvalue weighted by Crippen LogP contribution is -2.40. The van der Waals surface area contributed by atoms with Gasteiger partial charge in [0.2, 0.25) is 6.41 Å². The summed E-state index contributed by atoms with van der Waals surface area (Å²) in [5.74, 6) is -1.03. The summed E-state index contributed by atoms with van der Waals surface area (Å²) >= 11 is 0. The first-order valence-electron chi connectivity index (χ1n) is 3.22. The summed E-state index contributed by atoms with van der Waals surface area (Å²) < 4.78 is 4.94. The van der Waals surface area contributed by atoms with Gasteiger partial charge in [0.1, 0.15) is 6.73 Å². The largest absolute Gasteiger partial charge is 0.480 e. The van der Waals surface area contributed by atoms with Crippen molar-refractivity contribution in [3.05, 3.63) is 0 Å². The molecule has 0 unspecified atom stereocenters. The Bertz CT molecular complexity index is 181. The van der Waals surface area contributed by atoms with Gasteiger partial charge in [0.15, 0.2) is 6.04 Å². The zero-order valence-corrected chi connectivity index (χ0v) is 6.06. The number of ether oxygens (including phenoxy) is 1. The number of nitrogens with zero attached hydrogens (tertiary/aromatic N) is 1. The van der Waals surface area contributed by atoms with Crippen molar-refractivity contribution in [1.82, 2.24) is 4.90 Å². The molecule has 0 radical (unpaired) electrons. The zero-order chi connectivity index (χ0) is 8.43. The van der Waals surface area contributed by atoms with Gasteiger partial charge in [0.05, 0.1) is 6.10 Å². The first-order chi connectivity index (χ1) is 5.16. The van der Waals surface area contributed by atoms with Crippen LogP contribution in [0.3, 0.4) is 0 Å². The van der Waals surface area contributed by atoms with Gasteiger partial charge >= 0.3 is 5.97 Å². The van der Waals surface area contributed by atoms with Gasteiger partial charge in [0, 0.05) is 0 Å². The molecule has 0 aliphatic carbocycles. The van der Waals surface area contributed by atoms with E-state index in [1.165, 1.54) is 0 Å². The summed E-state index contributed by atoms with van der Waals surface area (Å²) in [6.07, 6.45) is 0.0696. The van der Waals surface area contributed by atoms with Crippen LogP contribution in [0.15, 0.2) is 0 Å². The number of carbonyl (C=O) groups is 2. The molecular formula is C6H9NO4. The van der Waals surface area contributed by atoms with E-state index in [4.69, 9.17) is 9.84 Å². The Morgan fingerprint density at radius 1 is 1.82 bits per heavy atom. The van der Waals surface area contributed by atoms with Gasteiger partial charge < -0.3 is 14.7 Å². The van der Waals surface area contributed by atoms with Crippen molar-refractivity contribution in [2.24, 2.45) is 0 Å². The van der Waals surface area contributed by atoms with Gasteiger partial charge in [-0.2, -0.15) is 0 Å². The van der Waals surface area contributed by atoms with E-state index in [-0.39, 0.29) is 6.73 Å². The van der Waals surface area contributed by atoms with Crippen LogP contribution in [0.5, 0.6) is 0 Å². The van der Waals surface area contributed by atoms with Crippen molar-refractivity contribution < 1.29 is 19.4 Å². The molecule has 0 saturated carbocycles. The predicted molar refractivity (Wildman–Crippen MR) is 34.7 cm³/mol. The van der Waals surface area contributed by atoms with Gasteiger partial charge in [-0.1, -0.05) is 0 Å². The Kier molecular flexibility index (Phi) is 2.09. The highest BCUT2D eigenvalue weighted by Gasteiger charge is 2.36. The van der Waals surface area contributed by atoms with Crippen molar-refractivity contribution in [2.45, 2.75) is 19.1 Å². The Hall–Kier alpha value is -1.10. The summed E-state index contributed by atoms with van der Waals surface area (Å²) in [6, 6.07) is -0.826. The molecule has 1 N–H and O–H groups in total. The third kappa shape index (κ3) is 1.32. The monoisotopic (exact) mass is 159 g/mol. The van der Waals surface area contributed by atoms with Crippen LogP contribution in [0.25, 0.3) is 0 Å². The van der Waals surface area contributed by atoms with E-state index in [1.54, 1.807) is 6.92 Å². The number of amides is 1. The minimum Gasteiger partial charge on any atom is -0.480 e. The van der Waals surface area contributed by atoms with Gasteiger partial charge in [-0.15, -0.1) is 0 Å². The number of rotatable bonds is 2. The molecule has 2 atom stereocenters. The lowest BCUT2D eigenvalue weighted by molar-refractivity contribution is -0.145. The Balaban J connectivity index is 2.70. The number of carbonyl (C=O) groups excluding carboxylic acids is 1. The molecule has 0 bridgehead atoms. The smallest absolute Gasteiger partial charge is 0.329 e. The Labute approximate surface area is 63.5 Å². The minimum absolute atomic E-state index is 0.0711. The van der Waals surface area contributed by atoms with Gasteiger partial charge in [-0.25, -0.2) is 4.79 Å². The second-order valence-corrected chi connectivity index (χ2v) is 2.40. The molecule has 1 aliphatic heterocycles. The van der Waals surface area contributed by atoms with Crippen molar-refractivity contribution in [1.29, 1.82) is 0 Å². The molecule has 1 rings (SSSR count). The summed E-state index contributed by atoms with van der Waals surface area (Å²) in [5, 5.41) is 8.60. The highest BCUT2D eigenvalue weighted by molar-refractivity contribution is 5.77. The van der Waals surface area contributed by atoms with Gasteiger partial charge in [-0.3, -0.25) is 4.79 Å². The van der Waals surface area contributed by atoms with Crippen molar-refractivity contribution >= 4 is 12.4 Å². The van der Waals surface area contributed by atoms with Crippen molar-refractivity contribution in [3.63, 3.8) is 0 Å². The predicted octanol–water partition coefficient (Wildman–Crippen LogP) is -0.726. The van der Waals surface area contributed by atoms with Crippen molar-refractivity contribution in [2.75, 3.05) is 6.73 Å². The highest BCUT2D eigenvalue weighted by Crippen LogP contribution is 2.14. The van der Waals surface area contributed by atoms with E-state index in [1.807, 2.05) is 0 Å². The first-order valence-corrected chi connectivity index (χ1v) is 3.22. The quantitative estimate of drug-likeness (QED) is 0.539. The molecule has 1 heterocycles. The molecule has 0 aromatic carbocycles. The molecule has 5 heteroatoms. The topological polar surface area (TPSA) is 66.8 Å².